The van der Waals surface area contributed by atoms with Gasteiger partial charge < -0.3 is 0 Å². The molecule has 0 aromatic carbocycles. The van der Waals surface area contributed by atoms with E-state index in [4.69, 9.17) is 0 Å². The predicted octanol–water partition coefficient (Wildman–Crippen LogP) is 2.03. The summed E-state index contributed by atoms with van der Waals surface area (Å²) in [4.78, 5) is 0. The summed E-state index contributed by atoms with van der Waals surface area (Å²) in [6, 6.07) is 0. The second kappa shape index (κ2) is 4.60. The molecule has 0 saturated heterocycles. The Kier molecular flexibility index (Phi) is 4.88. The third-order valence-corrected chi connectivity index (χ3v) is 1.67. The molecular formula is C5H12BrN. The van der Waals surface area contributed by atoms with Gasteiger partial charge in [0.2, 0.25) is 0 Å². The van der Waals surface area contributed by atoms with Crippen LogP contribution in [-0.2, 0) is 0 Å². The molecule has 2 heteroatoms. The fourth-order valence-corrected chi connectivity index (χ4v) is 0.755. The zero-order valence-corrected chi connectivity index (χ0v) is 6.53. The van der Waals surface area contributed by atoms with Crippen LogP contribution in [0.4, 0.5) is 0 Å². The highest BCUT2D eigenvalue weighted by atomic mass is 79.9. The molecule has 44 valence electrons. The van der Waals surface area contributed by atoms with Crippen molar-refractivity contribution in [3.05, 3.63) is 0 Å². The van der Waals surface area contributed by atoms with E-state index >= 15 is 0 Å². The summed E-state index contributed by atoms with van der Waals surface area (Å²) in [5.41, 5.74) is 0. The first kappa shape index (κ1) is 7.44. The van der Waals surface area contributed by atoms with Gasteiger partial charge in [-0.15, -0.1) is 0 Å². The van der Waals surface area contributed by atoms with Crippen LogP contribution in [0.2, 0.25) is 0 Å². The molecule has 0 saturated carbocycles. The Hall–Kier alpha value is 0.440. The van der Waals surface area contributed by atoms with Crippen LogP contribution in [0.1, 0.15) is 20.3 Å². The van der Waals surface area contributed by atoms with Gasteiger partial charge in [-0.2, -0.15) is 0 Å². The maximum absolute atomic E-state index is 3.37. The van der Waals surface area contributed by atoms with E-state index in [1.807, 2.05) is 0 Å². The van der Waals surface area contributed by atoms with E-state index in [1.54, 1.807) is 0 Å². The second-order valence-electron chi connectivity index (χ2n) is 1.50. The smallest absolute Gasteiger partial charge is 0.0119 e. The average molecular weight is 166 g/mol. The molecule has 0 spiro atoms. The van der Waals surface area contributed by atoms with Crippen molar-refractivity contribution in [3.63, 3.8) is 0 Å². The van der Waals surface area contributed by atoms with E-state index in [1.165, 1.54) is 6.42 Å². The van der Waals surface area contributed by atoms with Crippen LogP contribution in [0.25, 0.3) is 0 Å². The molecule has 0 aliphatic carbocycles. The predicted molar refractivity (Wildman–Crippen MR) is 36.5 cm³/mol. The van der Waals surface area contributed by atoms with Crippen molar-refractivity contribution in [2.45, 2.75) is 20.3 Å². The van der Waals surface area contributed by atoms with E-state index in [-0.39, 0.29) is 0 Å². The van der Waals surface area contributed by atoms with E-state index in [0.717, 1.165) is 13.1 Å². The molecule has 0 rings (SSSR count). The summed E-state index contributed by atoms with van der Waals surface area (Å²) in [6.45, 7) is 6.54. The standard InChI is InChI=1S/C5H12BrN/c1-3-5-7(6)4-2/h3-5H2,1-2H3. The lowest BCUT2D eigenvalue weighted by Crippen LogP contribution is -2.10. The Morgan fingerprint density at radius 1 is 1.43 bits per heavy atom. The molecule has 0 N–H and O–H groups in total. The number of nitrogens with zero attached hydrogens (tertiary/aromatic N) is 1. The van der Waals surface area contributed by atoms with Gasteiger partial charge in [-0.1, -0.05) is 13.8 Å². The average Bonchev–Trinajstić information content (AvgIpc) is 1.68. The maximum Gasteiger partial charge on any atom is 0.0119 e. The molecule has 0 bridgehead atoms. The van der Waals surface area contributed by atoms with Crippen LogP contribution in [0.15, 0.2) is 0 Å². The van der Waals surface area contributed by atoms with Gasteiger partial charge in [-0.3, -0.25) is 0 Å². The van der Waals surface area contributed by atoms with Crippen molar-refractivity contribution in [2.75, 3.05) is 13.1 Å². The van der Waals surface area contributed by atoms with Gasteiger partial charge in [-0.25, -0.2) is 3.93 Å². The second-order valence-corrected chi connectivity index (χ2v) is 2.51. The molecule has 0 amide bonds. The first-order chi connectivity index (χ1) is 3.31. The molecule has 0 atom stereocenters. The summed E-state index contributed by atoms with van der Waals surface area (Å²) in [6.07, 6.45) is 1.22. The third kappa shape index (κ3) is 4.29. The summed E-state index contributed by atoms with van der Waals surface area (Å²) in [5.74, 6) is 0. The van der Waals surface area contributed by atoms with Gasteiger partial charge in [0.1, 0.15) is 0 Å². The Morgan fingerprint density at radius 3 is 2.14 bits per heavy atom. The minimum absolute atomic E-state index is 1.09. The molecule has 0 fully saturated rings. The lowest BCUT2D eigenvalue weighted by molar-refractivity contribution is 0.511. The molecule has 1 nitrogen and oxygen atoms in total. The molecule has 0 aliphatic heterocycles. The normalized spacial score (nSPS) is 10.3. The van der Waals surface area contributed by atoms with Crippen molar-refractivity contribution >= 4 is 16.1 Å². The van der Waals surface area contributed by atoms with Crippen molar-refractivity contribution in [1.29, 1.82) is 0 Å². The summed E-state index contributed by atoms with van der Waals surface area (Å²) in [5, 5.41) is 0. The molecule has 0 aliphatic rings. The van der Waals surface area contributed by atoms with Crippen LogP contribution in [0.5, 0.6) is 0 Å². The van der Waals surface area contributed by atoms with Crippen molar-refractivity contribution in [2.24, 2.45) is 0 Å². The van der Waals surface area contributed by atoms with E-state index in [0.29, 0.717) is 0 Å². The lowest BCUT2D eigenvalue weighted by Gasteiger charge is -2.06. The van der Waals surface area contributed by atoms with E-state index < -0.39 is 0 Å². The van der Waals surface area contributed by atoms with Crippen molar-refractivity contribution in [3.8, 4) is 0 Å². The first-order valence-electron chi connectivity index (χ1n) is 2.72. The number of rotatable bonds is 3. The van der Waals surface area contributed by atoms with Crippen LogP contribution in [-0.4, -0.2) is 17.0 Å². The van der Waals surface area contributed by atoms with E-state index in [9.17, 15) is 0 Å². The first-order valence-corrected chi connectivity index (χ1v) is 3.42. The van der Waals surface area contributed by atoms with Gasteiger partial charge in [0.05, 0.1) is 0 Å². The van der Waals surface area contributed by atoms with Crippen molar-refractivity contribution in [1.82, 2.24) is 3.93 Å². The van der Waals surface area contributed by atoms with Gasteiger partial charge in [0.15, 0.2) is 0 Å². The van der Waals surface area contributed by atoms with Crippen LogP contribution >= 0.6 is 16.1 Å². The molecule has 0 heterocycles. The fourth-order valence-electron chi connectivity index (χ4n) is 0.401. The molecule has 7 heavy (non-hydrogen) atoms. The largest absolute Gasteiger partial charge is 0.243 e. The number of halogens is 1. The van der Waals surface area contributed by atoms with E-state index in [2.05, 4.69) is 33.9 Å². The minimum atomic E-state index is 1.09. The van der Waals surface area contributed by atoms with Gasteiger partial charge in [0, 0.05) is 29.2 Å². The Labute approximate surface area is 54.0 Å². The lowest BCUT2D eigenvalue weighted by atomic mass is 10.5. The Bertz CT molecular complexity index is 39.1. The minimum Gasteiger partial charge on any atom is -0.243 e. The molecular weight excluding hydrogens is 154 g/mol. The highest BCUT2D eigenvalue weighted by molar-refractivity contribution is 9.07. The SMILES string of the molecule is CCCN(Br)CC. The van der Waals surface area contributed by atoms with Crippen molar-refractivity contribution < 1.29 is 0 Å². The van der Waals surface area contributed by atoms with Gasteiger partial charge in [-0.05, 0) is 6.42 Å². The Morgan fingerprint density at radius 2 is 2.00 bits per heavy atom. The quantitative estimate of drug-likeness (QED) is 0.579. The monoisotopic (exact) mass is 165 g/mol. The summed E-state index contributed by atoms with van der Waals surface area (Å²) < 4.78 is 2.12. The number of hydrogen-bond donors (Lipinski definition) is 0. The molecule has 0 unspecified atom stereocenters. The van der Waals surface area contributed by atoms with Crippen LogP contribution in [0.3, 0.4) is 0 Å². The fraction of sp³-hybridized carbons (Fsp3) is 1.00. The van der Waals surface area contributed by atoms with Crippen LogP contribution in [0, 0.1) is 0 Å². The zero-order valence-electron chi connectivity index (χ0n) is 4.95. The molecule has 0 aromatic heterocycles. The highest BCUT2D eigenvalue weighted by Gasteiger charge is 1.89. The zero-order chi connectivity index (χ0) is 5.70. The molecule has 0 radical (unpaired) electrons. The topological polar surface area (TPSA) is 3.24 Å². The maximum atomic E-state index is 3.37. The van der Waals surface area contributed by atoms with Crippen LogP contribution < -0.4 is 0 Å². The van der Waals surface area contributed by atoms with Gasteiger partial charge in [0.25, 0.3) is 0 Å². The van der Waals surface area contributed by atoms with Gasteiger partial charge >= 0.3 is 0 Å². The molecule has 0 aromatic rings. The third-order valence-electron chi connectivity index (χ3n) is 0.809. The summed E-state index contributed by atoms with van der Waals surface area (Å²) >= 11 is 3.37. The highest BCUT2D eigenvalue weighted by Crippen LogP contribution is 1.95. The summed E-state index contributed by atoms with van der Waals surface area (Å²) in [7, 11) is 0. The number of hydrogen-bond acceptors (Lipinski definition) is 1. The Balaban J connectivity index is 2.83.